The Labute approximate surface area is 177 Å². The summed E-state index contributed by atoms with van der Waals surface area (Å²) >= 11 is 0. The lowest BCUT2D eigenvalue weighted by atomic mass is 10.2. The Balaban J connectivity index is 1.30. The lowest BCUT2D eigenvalue weighted by molar-refractivity contribution is 0.0994. The lowest BCUT2D eigenvalue weighted by Crippen LogP contribution is -2.13. The van der Waals surface area contributed by atoms with Crippen LogP contribution in [0.2, 0.25) is 0 Å². The molecule has 0 atom stereocenters. The molecule has 0 bridgehead atoms. The molecule has 4 aromatic rings. The van der Waals surface area contributed by atoms with Crippen LogP contribution in [0.3, 0.4) is 0 Å². The van der Waals surface area contributed by atoms with Crippen LogP contribution in [0.25, 0.3) is 0 Å². The molecule has 4 rings (SSSR count). The van der Waals surface area contributed by atoms with E-state index in [0.717, 1.165) is 0 Å². The molecule has 0 saturated carbocycles. The van der Waals surface area contributed by atoms with Gasteiger partial charge in [0.25, 0.3) is 11.8 Å². The van der Waals surface area contributed by atoms with Crippen molar-refractivity contribution in [3.05, 3.63) is 90.0 Å². The lowest BCUT2D eigenvalue weighted by Gasteiger charge is -2.08. The maximum Gasteiger partial charge on any atom is 0.291 e. The minimum atomic E-state index is -0.349. The average Bonchev–Trinajstić information content (AvgIpc) is 3.46. The molecule has 9 heteroatoms. The number of aromatic nitrogens is 2. The van der Waals surface area contributed by atoms with Crippen molar-refractivity contribution in [1.82, 2.24) is 10.1 Å². The predicted molar refractivity (Wildman–Crippen MR) is 111 cm³/mol. The van der Waals surface area contributed by atoms with Gasteiger partial charge >= 0.3 is 0 Å². The second kappa shape index (κ2) is 8.95. The van der Waals surface area contributed by atoms with Crippen LogP contribution in [-0.4, -0.2) is 22.0 Å². The van der Waals surface area contributed by atoms with E-state index in [1.165, 1.54) is 6.26 Å². The van der Waals surface area contributed by atoms with Crippen molar-refractivity contribution in [3.8, 4) is 5.75 Å². The number of amides is 2. The molecular formula is C22H18N4O5. The van der Waals surface area contributed by atoms with Gasteiger partial charge < -0.3 is 24.3 Å². The summed E-state index contributed by atoms with van der Waals surface area (Å²) in [6.07, 6.45) is 1.43. The van der Waals surface area contributed by atoms with Crippen molar-refractivity contribution in [3.63, 3.8) is 0 Å². The zero-order valence-corrected chi connectivity index (χ0v) is 16.5. The first-order valence-electron chi connectivity index (χ1n) is 9.35. The number of nitrogens with zero attached hydrogens (tertiary/aromatic N) is 2. The summed E-state index contributed by atoms with van der Waals surface area (Å²) in [7, 11) is 0. The summed E-state index contributed by atoms with van der Waals surface area (Å²) in [5.41, 5.74) is 1.64. The van der Waals surface area contributed by atoms with E-state index in [4.69, 9.17) is 13.7 Å². The van der Waals surface area contributed by atoms with E-state index in [9.17, 15) is 9.59 Å². The van der Waals surface area contributed by atoms with Crippen molar-refractivity contribution in [2.45, 2.75) is 13.5 Å². The van der Waals surface area contributed by atoms with Crippen molar-refractivity contribution < 1.29 is 23.3 Å². The molecule has 0 saturated heterocycles. The van der Waals surface area contributed by atoms with Gasteiger partial charge in [-0.25, -0.2) is 0 Å². The molecule has 2 aromatic heterocycles. The van der Waals surface area contributed by atoms with Crippen LogP contribution < -0.4 is 15.4 Å². The van der Waals surface area contributed by atoms with Gasteiger partial charge in [-0.1, -0.05) is 5.16 Å². The molecule has 0 aliphatic rings. The molecule has 156 valence electrons. The van der Waals surface area contributed by atoms with Crippen LogP contribution in [0.4, 0.5) is 11.4 Å². The number of nitrogens with one attached hydrogen (secondary N) is 2. The van der Waals surface area contributed by atoms with E-state index in [-0.39, 0.29) is 24.2 Å². The van der Waals surface area contributed by atoms with Gasteiger partial charge in [-0.2, -0.15) is 4.98 Å². The van der Waals surface area contributed by atoms with Gasteiger partial charge in [0.2, 0.25) is 11.7 Å². The first-order chi connectivity index (χ1) is 15.1. The van der Waals surface area contributed by atoms with Crippen molar-refractivity contribution in [2.24, 2.45) is 0 Å². The number of carbonyl (C=O) groups excluding carboxylic acids is 2. The second-order valence-electron chi connectivity index (χ2n) is 6.51. The number of benzene rings is 2. The first-order valence-corrected chi connectivity index (χ1v) is 9.35. The highest BCUT2D eigenvalue weighted by Gasteiger charge is 2.10. The van der Waals surface area contributed by atoms with Crippen LogP contribution >= 0.6 is 0 Å². The van der Waals surface area contributed by atoms with Crippen molar-refractivity contribution in [1.29, 1.82) is 0 Å². The van der Waals surface area contributed by atoms with Crippen LogP contribution in [0.5, 0.6) is 5.75 Å². The highest BCUT2D eigenvalue weighted by atomic mass is 16.5. The topological polar surface area (TPSA) is 119 Å². The normalized spacial score (nSPS) is 10.5. The third kappa shape index (κ3) is 5.15. The summed E-state index contributed by atoms with van der Waals surface area (Å²) in [5.74, 6) is 1.10. The Morgan fingerprint density at radius 2 is 1.61 bits per heavy atom. The quantitative estimate of drug-likeness (QED) is 0.464. The number of hydrogen-bond acceptors (Lipinski definition) is 7. The Hall–Kier alpha value is -4.40. The fraction of sp³-hybridized carbons (Fsp3) is 0.0909. The van der Waals surface area contributed by atoms with E-state index in [1.54, 1.807) is 67.6 Å². The standard InChI is InChI=1S/C22H18N4O5/c1-14-23-20(26-31-14)13-30-18-10-4-15(5-11-18)21(27)24-16-6-8-17(9-7-16)25-22(28)19-3-2-12-29-19/h2-12H,13H2,1H3,(H,24,27)(H,25,28). The first kappa shape index (κ1) is 19.9. The van der Waals surface area contributed by atoms with Gasteiger partial charge in [-0.15, -0.1) is 0 Å². The molecule has 0 spiro atoms. The summed E-state index contributed by atoms with van der Waals surface area (Å²) in [4.78, 5) is 28.5. The summed E-state index contributed by atoms with van der Waals surface area (Å²) in [6.45, 7) is 1.88. The Morgan fingerprint density at radius 1 is 0.935 bits per heavy atom. The van der Waals surface area contributed by atoms with Gasteiger partial charge in [0, 0.05) is 23.9 Å². The summed E-state index contributed by atoms with van der Waals surface area (Å²) in [5, 5.41) is 9.27. The Bertz CT molecular complexity index is 1170. The van der Waals surface area contributed by atoms with Crippen LogP contribution in [-0.2, 0) is 6.61 Å². The second-order valence-corrected chi connectivity index (χ2v) is 6.51. The number of furan rings is 1. The van der Waals surface area contributed by atoms with E-state index in [1.807, 2.05) is 0 Å². The van der Waals surface area contributed by atoms with Gasteiger partial charge in [0.15, 0.2) is 12.4 Å². The average molecular weight is 418 g/mol. The Kier molecular flexibility index (Phi) is 5.75. The van der Waals surface area contributed by atoms with E-state index < -0.39 is 0 Å². The number of carbonyl (C=O) groups is 2. The zero-order valence-electron chi connectivity index (χ0n) is 16.5. The summed E-state index contributed by atoms with van der Waals surface area (Å²) < 4.78 is 15.5. The minimum absolute atomic E-state index is 0.172. The van der Waals surface area contributed by atoms with Crippen LogP contribution in [0, 0.1) is 6.92 Å². The van der Waals surface area contributed by atoms with E-state index in [0.29, 0.717) is 34.4 Å². The molecule has 31 heavy (non-hydrogen) atoms. The summed E-state index contributed by atoms with van der Waals surface area (Å²) in [6, 6.07) is 16.7. The van der Waals surface area contributed by atoms with Crippen molar-refractivity contribution >= 4 is 23.2 Å². The number of rotatable bonds is 7. The van der Waals surface area contributed by atoms with Gasteiger partial charge in [-0.05, 0) is 60.7 Å². The van der Waals surface area contributed by atoms with E-state index in [2.05, 4.69) is 20.8 Å². The molecule has 0 unspecified atom stereocenters. The number of aryl methyl sites for hydroxylation is 1. The molecule has 0 fully saturated rings. The monoisotopic (exact) mass is 418 g/mol. The highest BCUT2D eigenvalue weighted by molar-refractivity contribution is 6.05. The molecular weight excluding hydrogens is 400 g/mol. The third-order valence-corrected chi connectivity index (χ3v) is 4.20. The third-order valence-electron chi connectivity index (χ3n) is 4.20. The highest BCUT2D eigenvalue weighted by Crippen LogP contribution is 2.18. The van der Waals surface area contributed by atoms with E-state index >= 15 is 0 Å². The molecule has 0 aliphatic carbocycles. The fourth-order valence-electron chi connectivity index (χ4n) is 2.69. The number of anilines is 2. The molecule has 2 N–H and O–H groups in total. The molecule has 2 heterocycles. The van der Waals surface area contributed by atoms with Crippen LogP contribution in [0.15, 0.2) is 75.9 Å². The minimum Gasteiger partial charge on any atom is -0.485 e. The molecule has 0 radical (unpaired) electrons. The number of hydrogen-bond donors (Lipinski definition) is 2. The smallest absolute Gasteiger partial charge is 0.291 e. The van der Waals surface area contributed by atoms with Crippen LogP contribution in [0.1, 0.15) is 32.6 Å². The SMILES string of the molecule is Cc1nc(COc2ccc(C(=O)Nc3ccc(NC(=O)c4ccco4)cc3)cc2)no1. The largest absolute Gasteiger partial charge is 0.485 e. The van der Waals surface area contributed by atoms with Gasteiger partial charge in [-0.3, -0.25) is 9.59 Å². The fourth-order valence-corrected chi connectivity index (χ4v) is 2.69. The molecule has 0 aliphatic heterocycles. The zero-order chi connectivity index (χ0) is 21.6. The van der Waals surface area contributed by atoms with Crippen molar-refractivity contribution in [2.75, 3.05) is 10.6 Å². The maximum atomic E-state index is 12.5. The predicted octanol–water partition coefficient (Wildman–Crippen LogP) is 4.05. The Morgan fingerprint density at radius 3 is 2.19 bits per heavy atom. The molecule has 2 aromatic carbocycles. The van der Waals surface area contributed by atoms with Gasteiger partial charge in [0.1, 0.15) is 5.75 Å². The number of ether oxygens (including phenoxy) is 1. The molecule has 2 amide bonds. The maximum absolute atomic E-state index is 12.5. The van der Waals surface area contributed by atoms with Gasteiger partial charge in [0.05, 0.1) is 6.26 Å². The molecule has 9 nitrogen and oxygen atoms in total.